The number of nitriles is 1. The molecule has 2 aromatic heterocycles. The summed E-state index contributed by atoms with van der Waals surface area (Å²) in [7, 11) is 0. The van der Waals surface area contributed by atoms with E-state index in [9.17, 15) is 0 Å². The molecule has 0 aliphatic rings. The van der Waals surface area contributed by atoms with Crippen LogP contribution in [-0.4, -0.2) is 16.0 Å². The van der Waals surface area contributed by atoms with E-state index in [0.29, 0.717) is 13.0 Å². The summed E-state index contributed by atoms with van der Waals surface area (Å²) in [5.74, 6) is 0.870. The highest BCUT2D eigenvalue weighted by Crippen LogP contribution is 2.34. The number of ether oxygens (including phenoxy) is 1. The van der Waals surface area contributed by atoms with E-state index in [4.69, 9.17) is 10.00 Å². The lowest BCUT2D eigenvalue weighted by Gasteiger charge is -2.07. The van der Waals surface area contributed by atoms with Crippen molar-refractivity contribution in [3.63, 3.8) is 0 Å². The second-order valence-electron chi connectivity index (χ2n) is 5.06. The van der Waals surface area contributed by atoms with Gasteiger partial charge in [-0.15, -0.1) is 11.3 Å². The third-order valence-corrected chi connectivity index (χ3v) is 4.58. The Kier molecular flexibility index (Phi) is 3.86. The first-order valence-electron chi connectivity index (χ1n) is 7.23. The monoisotopic (exact) mass is 311 g/mol. The molecule has 0 atom stereocenters. The lowest BCUT2D eigenvalue weighted by atomic mass is 10.1. The minimum absolute atomic E-state index is 0.368. The molecule has 2 heterocycles. The van der Waals surface area contributed by atoms with Crippen LogP contribution in [0, 0.1) is 25.2 Å². The third kappa shape index (κ3) is 2.36. The van der Waals surface area contributed by atoms with Gasteiger partial charge in [0.1, 0.15) is 5.75 Å². The molecular formula is C17H17N3OS. The molecule has 0 bridgehead atoms. The van der Waals surface area contributed by atoms with Crippen LogP contribution in [0.5, 0.6) is 5.75 Å². The first-order valence-corrected chi connectivity index (χ1v) is 8.04. The highest BCUT2D eigenvalue weighted by molar-refractivity contribution is 7.17. The molecule has 5 heteroatoms. The molecule has 0 saturated heterocycles. The van der Waals surface area contributed by atoms with Gasteiger partial charge >= 0.3 is 0 Å². The summed E-state index contributed by atoms with van der Waals surface area (Å²) in [5.41, 5.74) is 4.14. The van der Waals surface area contributed by atoms with E-state index in [2.05, 4.69) is 34.5 Å². The molecule has 0 radical (unpaired) electrons. The maximum atomic E-state index is 9.08. The van der Waals surface area contributed by atoms with Gasteiger partial charge in [-0.3, -0.25) is 4.40 Å². The van der Waals surface area contributed by atoms with Crippen LogP contribution in [0.15, 0.2) is 24.3 Å². The molecule has 1 aromatic carbocycles. The molecule has 22 heavy (non-hydrogen) atoms. The number of aromatic nitrogens is 2. The van der Waals surface area contributed by atoms with Gasteiger partial charge in [-0.05, 0) is 50.6 Å². The Labute approximate surface area is 133 Å². The molecule has 0 spiro atoms. The van der Waals surface area contributed by atoms with Crippen molar-refractivity contribution < 1.29 is 4.74 Å². The molecule has 3 aromatic rings. The molecule has 0 aliphatic heterocycles. The summed E-state index contributed by atoms with van der Waals surface area (Å²) in [5, 5.41) is 9.08. The van der Waals surface area contributed by atoms with E-state index in [1.807, 2.05) is 26.0 Å². The van der Waals surface area contributed by atoms with Crippen molar-refractivity contribution in [1.82, 2.24) is 9.38 Å². The van der Waals surface area contributed by atoms with Crippen LogP contribution in [0.4, 0.5) is 0 Å². The van der Waals surface area contributed by atoms with Crippen molar-refractivity contribution in [3.05, 3.63) is 40.5 Å². The normalized spacial score (nSPS) is 10.8. The van der Waals surface area contributed by atoms with Crippen LogP contribution < -0.4 is 4.74 Å². The van der Waals surface area contributed by atoms with Gasteiger partial charge in [-0.25, -0.2) is 4.98 Å². The zero-order chi connectivity index (χ0) is 15.7. The van der Waals surface area contributed by atoms with Crippen molar-refractivity contribution in [1.29, 1.82) is 5.26 Å². The molecule has 4 nitrogen and oxygen atoms in total. The summed E-state index contributed by atoms with van der Waals surface area (Å²) < 4.78 is 7.62. The number of nitrogens with zero attached hydrogens (tertiary/aromatic N) is 3. The molecule has 3 rings (SSSR count). The molecule has 112 valence electrons. The first-order chi connectivity index (χ1) is 10.7. The van der Waals surface area contributed by atoms with Crippen molar-refractivity contribution in [2.24, 2.45) is 0 Å². The highest BCUT2D eigenvalue weighted by Gasteiger charge is 2.18. The summed E-state index contributed by atoms with van der Waals surface area (Å²) in [6.45, 7) is 6.69. The molecular weight excluding hydrogens is 294 g/mol. The lowest BCUT2D eigenvalue weighted by Crippen LogP contribution is -1.96. The second-order valence-corrected chi connectivity index (χ2v) is 6.24. The van der Waals surface area contributed by atoms with Crippen molar-refractivity contribution >= 4 is 16.3 Å². The van der Waals surface area contributed by atoms with Crippen molar-refractivity contribution in [3.8, 4) is 23.1 Å². The van der Waals surface area contributed by atoms with Gasteiger partial charge < -0.3 is 4.74 Å². The Morgan fingerprint density at radius 3 is 2.64 bits per heavy atom. The van der Waals surface area contributed by atoms with Crippen LogP contribution in [0.3, 0.4) is 0 Å². The minimum atomic E-state index is 0.368. The predicted octanol–water partition coefficient (Wildman–Crippen LogP) is 4.14. The van der Waals surface area contributed by atoms with Crippen LogP contribution in [0.1, 0.15) is 23.2 Å². The number of fused-ring (bicyclic) bond motifs is 1. The van der Waals surface area contributed by atoms with Crippen LogP contribution >= 0.6 is 11.3 Å². The number of benzene rings is 1. The zero-order valence-corrected chi connectivity index (χ0v) is 13.7. The average Bonchev–Trinajstić information content (AvgIpc) is 2.96. The topological polar surface area (TPSA) is 50.3 Å². The predicted molar refractivity (Wildman–Crippen MR) is 88.5 cm³/mol. The number of rotatable bonds is 4. The van der Waals surface area contributed by atoms with E-state index < -0.39 is 0 Å². The fourth-order valence-electron chi connectivity index (χ4n) is 2.67. The van der Waals surface area contributed by atoms with E-state index in [1.54, 1.807) is 11.3 Å². The van der Waals surface area contributed by atoms with Gasteiger partial charge in [0.25, 0.3) is 0 Å². The van der Waals surface area contributed by atoms with Gasteiger partial charge in [-0.1, -0.05) is 0 Å². The number of thiazole rings is 1. The van der Waals surface area contributed by atoms with E-state index in [0.717, 1.165) is 33.4 Å². The summed E-state index contributed by atoms with van der Waals surface area (Å²) in [4.78, 5) is 6.74. The van der Waals surface area contributed by atoms with E-state index >= 15 is 0 Å². The lowest BCUT2D eigenvalue weighted by molar-refractivity contribution is 0.340. The number of hydrogen-bond acceptors (Lipinski definition) is 4. The van der Waals surface area contributed by atoms with Crippen LogP contribution in [0.2, 0.25) is 0 Å². The third-order valence-electron chi connectivity index (χ3n) is 3.63. The number of hydrogen-bond donors (Lipinski definition) is 0. The van der Waals surface area contributed by atoms with Gasteiger partial charge in [0.15, 0.2) is 4.96 Å². The Hall–Kier alpha value is -2.32. The smallest absolute Gasteiger partial charge is 0.194 e. The summed E-state index contributed by atoms with van der Waals surface area (Å²) >= 11 is 1.66. The standard InChI is InChI=1S/C17H17N3OS/c1-4-21-14-7-5-13(6-8-14)16-12(3)22-17-19-11(2)15(9-10-18)20(16)17/h5-8H,4,9H2,1-3H3. The SMILES string of the molecule is CCOc1ccc(-c2c(C)sc3nc(C)c(CC#N)n23)cc1. The Bertz CT molecular complexity index is 853. The number of aryl methyl sites for hydroxylation is 2. The fraction of sp³-hybridized carbons (Fsp3) is 0.294. The molecule has 0 saturated carbocycles. The Morgan fingerprint density at radius 1 is 1.27 bits per heavy atom. The van der Waals surface area contributed by atoms with Crippen LogP contribution in [0.25, 0.3) is 16.2 Å². The molecule has 0 aliphatic carbocycles. The molecule has 0 amide bonds. The van der Waals surface area contributed by atoms with Gasteiger partial charge in [0.2, 0.25) is 0 Å². The quantitative estimate of drug-likeness (QED) is 0.727. The largest absolute Gasteiger partial charge is 0.494 e. The van der Waals surface area contributed by atoms with Gasteiger partial charge in [0, 0.05) is 4.88 Å². The minimum Gasteiger partial charge on any atom is -0.494 e. The maximum absolute atomic E-state index is 9.08. The van der Waals surface area contributed by atoms with Crippen molar-refractivity contribution in [2.45, 2.75) is 27.2 Å². The zero-order valence-electron chi connectivity index (χ0n) is 12.9. The average molecular weight is 311 g/mol. The molecule has 0 unspecified atom stereocenters. The Balaban J connectivity index is 2.17. The molecule has 0 N–H and O–H groups in total. The first kappa shape index (κ1) is 14.6. The van der Waals surface area contributed by atoms with E-state index in [-0.39, 0.29) is 0 Å². The Morgan fingerprint density at radius 2 is 2.00 bits per heavy atom. The van der Waals surface area contributed by atoms with Crippen LogP contribution in [-0.2, 0) is 6.42 Å². The summed E-state index contributed by atoms with van der Waals surface area (Å²) in [6.07, 6.45) is 0.368. The van der Waals surface area contributed by atoms with E-state index in [1.165, 1.54) is 4.88 Å². The number of imidazole rings is 1. The highest BCUT2D eigenvalue weighted by atomic mass is 32.1. The van der Waals surface area contributed by atoms with Crippen molar-refractivity contribution in [2.75, 3.05) is 6.61 Å². The molecule has 0 fully saturated rings. The fourth-order valence-corrected chi connectivity index (χ4v) is 3.72. The van der Waals surface area contributed by atoms with Gasteiger partial charge in [0.05, 0.1) is 36.2 Å². The second kappa shape index (κ2) is 5.82. The van der Waals surface area contributed by atoms with Gasteiger partial charge in [-0.2, -0.15) is 5.26 Å². The summed E-state index contributed by atoms with van der Waals surface area (Å²) in [6, 6.07) is 10.3. The maximum Gasteiger partial charge on any atom is 0.194 e.